The van der Waals surface area contributed by atoms with Crippen molar-refractivity contribution in [2.75, 3.05) is 6.54 Å². The summed E-state index contributed by atoms with van der Waals surface area (Å²) < 4.78 is 7.59. The van der Waals surface area contributed by atoms with E-state index in [1.807, 2.05) is 39.0 Å². The fourth-order valence-corrected chi connectivity index (χ4v) is 4.87. The SMILES string of the molecule is CC(=O)c1ccc2c(c1)c1c(n2CCNC(=O)OC(C)(C)C)C(C)CC2=C1CCC2=O. The normalized spacial score (nSPS) is 18.2. The molecule has 0 fully saturated rings. The maximum atomic E-state index is 12.5. The highest BCUT2D eigenvalue weighted by Crippen LogP contribution is 2.48. The first-order valence-electron chi connectivity index (χ1n) is 11.0. The van der Waals surface area contributed by atoms with Crippen LogP contribution in [0.5, 0.6) is 0 Å². The van der Waals surface area contributed by atoms with Crippen molar-refractivity contribution in [2.45, 2.75) is 71.9 Å². The summed E-state index contributed by atoms with van der Waals surface area (Å²) in [4.78, 5) is 36.6. The molecule has 2 aliphatic rings. The molecule has 0 bridgehead atoms. The molecule has 0 aliphatic heterocycles. The van der Waals surface area contributed by atoms with Crippen LogP contribution in [0.3, 0.4) is 0 Å². The standard InChI is InChI=1S/C25H30N2O4/c1-14-12-18-17(7-9-21(18)29)22-19-13-16(15(2)28)6-8-20(19)27(23(14)22)11-10-26-24(30)31-25(3,4)5/h6,8,13-14H,7,9-12H2,1-5H3,(H,26,30). The van der Waals surface area contributed by atoms with Crippen molar-refractivity contribution in [3.05, 3.63) is 40.6 Å². The minimum Gasteiger partial charge on any atom is -0.444 e. The number of aromatic nitrogens is 1. The Morgan fingerprint density at radius 2 is 1.94 bits per heavy atom. The molecule has 0 saturated carbocycles. The summed E-state index contributed by atoms with van der Waals surface area (Å²) in [6.07, 6.45) is 1.64. The van der Waals surface area contributed by atoms with E-state index in [1.54, 1.807) is 6.92 Å². The third-order valence-corrected chi connectivity index (χ3v) is 6.10. The van der Waals surface area contributed by atoms with Crippen molar-refractivity contribution >= 4 is 34.1 Å². The lowest BCUT2D eigenvalue weighted by Gasteiger charge is -2.24. The maximum Gasteiger partial charge on any atom is 0.407 e. The van der Waals surface area contributed by atoms with Crippen LogP contribution in [-0.4, -0.2) is 34.4 Å². The van der Waals surface area contributed by atoms with Gasteiger partial charge in [-0.25, -0.2) is 4.79 Å². The van der Waals surface area contributed by atoms with Gasteiger partial charge in [0.2, 0.25) is 0 Å². The molecule has 31 heavy (non-hydrogen) atoms. The molecule has 6 heteroatoms. The van der Waals surface area contributed by atoms with E-state index in [4.69, 9.17) is 4.74 Å². The van der Waals surface area contributed by atoms with Crippen molar-refractivity contribution in [3.8, 4) is 0 Å². The molecule has 1 heterocycles. The second-order valence-corrected chi connectivity index (χ2v) is 9.61. The quantitative estimate of drug-likeness (QED) is 0.704. The second-order valence-electron chi connectivity index (χ2n) is 9.61. The third kappa shape index (κ3) is 3.91. The van der Waals surface area contributed by atoms with Gasteiger partial charge in [0.1, 0.15) is 5.60 Å². The Hall–Kier alpha value is -2.89. The van der Waals surface area contributed by atoms with Gasteiger partial charge in [-0.3, -0.25) is 9.59 Å². The number of Topliss-reactive ketones (excluding diaryl/α,β-unsaturated/α-hetero) is 2. The molecule has 0 radical (unpaired) electrons. The van der Waals surface area contributed by atoms with Gasteiger partial charge in [0.25, 0.3) is 0 Å². The summed E-state index contributed by atoms with van der Waals surface area (Å²) in [7, 11) is 0. The Labute approximate surface area is 182 Å². The predicted octanol–water partition coefficient (Wildman–Crippen LogP) is 4.99. The average molecular weight is 423 g/mol. The number of hydrogen-bond donors (Lipinski definition) is 1. The van der Waals surface area contributed by atoms with Crippen molar-refractivity contribution in [3.63, 3.8) is 0 Å². The van der Waals surface area contributed by atoms with E-state index in [2.05, 4.69) is 16.8 Å². The number of ether oxygens (including phenoxy) is 1. The molecule has 2 aromatic rings. The highest BCUT2D eigenvalue weighted by molar-refractivity contribution is 6.12. The van der Waals surface area contributed by atoms with Crippen LogP contribution in [0.1, 0.15) is 81.4 Å². The van der Waals surface area contributed by atoms with Crippen LogP contribution >= 0.6 is 0 Å². The molecular weight excluding hydrogens is 392 g/mol. The highest BCUT2D eigenvalue weighted by Gasteiger charge is 2.36. The van der Waals surface area contributed by atoms with E-state index in [0.717, 1.165) is 40.5 Å². The molecule has 0 saturated heterocycles. The number of carbonyl (C=O) groups is 3. The Kier molecular flexibility index (Phi) is 5.28. The Morgan fingerprint density at radius 1 is 1.19 bits per heavy atom. The number of benzene rings is 1. The largest absolute Gasteiger partial charge is 0.444 e. The number of fused-ring (bicyclic) bond motifs is 4. The van der Waals surface area contributed by atoms with Gasteiger partial charge in [0.15, 0.2) is 11.6 Å². The van der Waals surface area contributed by atoms with Gasteiger partial charge in [-0.1, -0.05) is 6.92 Å². The van der Waals surface area contributed by atoms with E-state index in [0.29, 0.717) is 25.1 Å². The monoisotopic (exact) mass is 422 g/mol. The molecule has 1 atom stereocenters. The van der Waals surface area contributed by atoms with Crippen LogP contribution in [0.15, 0.2) is 23.8 Å². The first-order chi connectivity index (χ1) is 14.6. The lowest BCUT2D eigenvalue weighted by Crippen LogP contribution is -2.34. The topological polar surface area (TPSA) is 77.4 Å². The number of rotatable bonds is 4. The molecule has 1 aromatic heterocycles. The van der Waals surface area contributed by atoms with E-state index < -0.39 is 11.7 Å². The fraction of sp³-hybridized carbons (Fsp3) is 0.480. The molecule has 4 rings (SSSR count). The zero-order chi connectivity index (χ0) is 22.5. The van der Waals surface area contributed by atoms with Gasteiger partial charge >= 0.3 is 6.09 Å². The van der Waals surface area contributed by atoms with E-state index in [1.165, 1.54) is 5.69 Å². The van der Waals surface area contributed by atoms with Gasteiger partial charge in [-0.2, -0.15) is 0 Å². The minimum absolute atomic E-state index is 0.0237. The zero-order valence-electron chi connectivity index (χ0n) is 18.9. The summed E-state index contributed by atoms with van der Waals surface area (Å²) in [6.45, 7) is 10.3. The first kappa shape index (κ1) is 21.3. The second kappa shape index (κ2) is 7.66. The molecule has 2 aliphatic carbocycles. The summed E-state index contributed by atoms with van der Waals surface area (Å²) >= 11 is 0. The van der Waals surface area contributed by atoms with Gasteiger partial charge in [0, 0.05) is 53.2 Å². The number of amides is 1. The van der Waals surface area contributed by atoms with Crippen molar-refractivity contribution in [2.24, 2.45) is 0 Å². The Morgan fingerprint density at radius 3 is 2.61 bits per heavy atom. The predicted molar refractivity (Wildman–Crippen MR) is 120 cm³/mol. The van der Waals surface area contributed by atoms with Crippen LogP contribution in [-0.2, 0) is 16.1 Å². The highest BCUT2D eigenvalue weighted by atomic mass is 16.6. The number of carbonyl (C=O) groups excluding carboxylic acids is 3. The summed E-state index contributed by atoms with van der Waals surface area (Å²) in [5.41, 5.74) is 5.57. The van der Waals surface area contributed by atoms with Crippen molar-refractivity contribution < 1.29 is 19.1 Å². The van der Waals surface area contributed by atoms with Gasteiger partial charge in [-0.05, 0) is 69.9 Å². The lowest BCUT2D eigenvalue weighted by atomic mass is 9.83. The number of nitrogens with zero attached hydrogens (tertiary/aromatic N) is 1. The van der Waals surface area contributed by atoms with Crippen molar-refractivity contribution in [1.82, 2.24) is 9.88 Å². The van der Waals surface area contributed by atoms with Crippen LogP contribution < -0.4 is 5.32 Å². The van der Waals surface area contributed by atoms with E-state index in [-0.39, 0.29) is 17.5 Å². The zero-order valence-corrected chi connectivity index (χ0v) is 18.9. The molecule has 1 aromatic carbocycles. The molecule has 1 amide bonds. The summed E-state index contributed by atoms with van der Waals surface area (Å²) in [6, 6.07) is 5.80. The van der Waals surface area contributed by atoms with E-state index in [9.17, 15) is 14.4 Å². The van der Waals surface area contributed by atoms with Gasteiger partial charge in [0.05, 0.1) is 0 Å². The molecule has 1 unspecified atom stereocenters. The number of hydrogen-bond acceptors (Lipinski definition) is 4. The number of ketones is 2. The number of alkyl carbamates (subject to hydrolysis) is 1. The lowest BCUT2D eigenvalue weighted by molar-refractivity contribution is -0.115. The maximum absolute atomic E-state index is 12.5. The summed E-state index contributed by atoms with van der Waals surface area (Å²) in [5.74, 6) is 0.462. The minimum atomic E-state index is -0.543. The smallest absolute Gasteiger partial charge is 0.407 e. The molecule has 164 valence electrons. The average Bonchev–Trinajstić information content (AvgIpc) is 3.19. The van der Waals surface area contributed by atoms with Crippen molar-refractivity contribution in [1.29, 1.82) is 0 Å². The van der Waals surface area contributed by atoms with Crippen LogP contribution in [0.2, 0.25) is 0 Å². The van der Waals surface area contributed by atoms with Crippen LogP contribution in [0.25, 0.3) is 16.5 Å². The molecular formula is C25H30N2O4. The first-order valence-corrected chi connectivity index (χ1v) is 11.0. The van der Waals surface area contributed by atoms with Gasteiger partial charge in [-0.15, -0.1) is 0 Å². The number of allylic oxidation sites excluding steroid dienone is 2. The van der Waals surface area contributed by atoms with Crippen LogP contribution in [0.4, 0.5) is 4.79 Å². The third-order valence-electron chi connectivity index (χ3n) is 6.10. The molecule has 0 spiro atoms. The number of nitrogens with one attached hydrogen (secondary N) is 1. The Bertz CT molecular complexity index is 1130. The van der Waals surface area contributed by atoms with E-state index >= 15 is 0 Å². The van der Waals surface area contributed by atoms with Crippen LogP contribution in [0, 0.1) is 0 Å². The summed E-state index contributed by atoms with van der Waals surface area (Å²) in [5, 5.41) is 3.87. The molecule has 6 nitrogen and oxygen atoms in total. The Balaban J connectivity index is 1.75. The fourth-order valence-electron chi connectivity index (χ4n) is 4.87. The molecule has 1 N–H and O–H groups in total. The van der Waals surface area contributed by atoms with Gasteiger partial charge < -0.3 is 14.6 Å².